The van der Waals surface area contributed by atoms with Gasteiger partial charge in [0.1, 0.15) is 5.69 Å². The molecule has 35 heavy (non-hydrogen) atoms. The number of carbonyl (C=O) groups excluding carboxylic acids is 3. The molecule has 10 heteroatoms. The second kappa shape index (κ2) is 9.26. The molecule has 3 heterocycles. The van der Waals surface area contributed by atoms with E-state index in [1.165, 1.54) is 6.21 Å². The minimum atomic E-state index is -0.204. The lowest BCUT2D eigenvalue weighted by Crippen LogP contribution is -2.50. The van der Waals surface area contributed by atoms with Gasteiger partial charge in [-0.05, 0) is 37.5 Å². The highest BCUT2D eigenvalue weighted by molar-refractivity contribution is 5.99. The Labute approximate surface area is 203 Å². The number of nitrogens with one attached hydrogen (secondary N) is 3. The van der Waals surface area contributed by atoms with E-state index >= 15 is 0 Å². The number of amides is 3. The maximum Gasteiger partial charge on any atom is 0.273 e. The van der Waals surface area contributed by atoms with Gasteiger partial charge < -0.3 is 25.7 Å². The molecule has 10 nitrogen and oxygen atoms in total. The van der Waals surface area contributed by atoms with Gasteiger partial charge in [0.05, 0.1) is 43.2 Å². The summed E-state index contributed by atoms with van der Waals surface area (Å²) in [5, 5.41) is 18.2. The third-order valence-corrected chi connectivity index (χ3v) is 6.90. The fourth-order valence-corrected chi connectivity index (χ4v) is 4.35. The molecule has 1 saturated carbocycles. The summed E-state index contributed by atoms with van der Waals surface area (Å²) in [7, 11) is 0. The van der Waals surface area contributed by atoms with Gasteiger partial charge in [0.2, 0.25) is 11.8 Å². The second-order valence-electron chi connectivity index (χ2n) is 9.69. The number of ether oxygens (including phenoxy) is 1. The van der Waals surface area contributed by atoms with Crippen LogP contribution in [0, 0.1) is 17.2 Å². The first-order valence-electron chi connectivity index (χ1n) is 12.1. The van der Waals surface area contributed by atoms with Crippen molar-refractivity contribution in [3.8, 4) is 11.3 Å². The van der Waals surface area contributed by atoms with Crippen LogP contribution < -0.4 is 10.6 Å². The van der Waals surface area contributed by atoms with E-state index in [0.717, 1.165) is 24.0 Å². The van der Waals surface area contributed by atoms with Crippen molar-refractivity contribution in [2.24, 2.45) is 11.8 Å². The number of fused-ring (bicyclic) bond motifs is 1. The van der Waals surface area contributed by atoms with E-state index in [1.807, 2.05) is 32.0 Å². The Hall–Kier alpha value is -3.53. The largest absolute Gasteiger partial charge is 0.380 e. The molecule has 5 rings (SSSR count). The van der Waals surface area contributed by atoms with Crippen LogP contribution in [0.15, 0.2) is 24.3 Å². The molecule has 3 N–H and O–H groups in total. The fraction of sp³-hybridized carbons (Fsp3) is 0.480. The molecule has 1 aromatic carbocycles. The molecule has 0 radical (unpaired) electrons. The summed E-state index contributed by atoms with van der Waals surface area (Å²) in [5.74, 6) is -0.520. The topological polar surface area (TPSA) is 129 Å². The Kier molecular flexibility index (Phi) is 6.14. The SMILES string of the molecule is CC(C=N)c1ccc(-c2cc3n(n2)[C@@H](C)CN(CNC(=O)C2COC2)C3=O)c(NC(=O)C2CC2)c1. The summed E-state index contributed by atoms with van der Waals surface area (Å²) >= 11 is 0. The van der Waals surface area contributed by atoms with E-state index in [0.29, 0.717) is 36.8 Å². The molecule has 3 amide bonds. The Morgan fingerprint density at radius 1 is 1.23 bits per heavy atom. The first-order valence-corrected chi connectivity index (χ1v) is 12.1. The van der Waals surface area contributed by atoms with Gasteiger partial charge in [0.25, 0.3) is 5.91 Å². The Bertz CT molecular complexity index is 1180. The van der Waals surface area contributed by atoms with Crippen LogP contribution in [0.25, 0.3) is 11.3 Å². The van der Waals surface area contributed by atoms with E-state index < -0.39 is 0 Å². The third-order valence-electron chi connectivity index (χ3n) is 6.90. The number of hydrogen-bond acceptors (Lipinski definition) is 6. The van der Waals surface area contributed by atoms with Gasteiger partial charge in [-0.2, -0.15) is 5.10 Å². The van der Waals surface area contributed by atoms with Crippen molar-refractivity contribution in [1.29, 1.82) is 5.41 Å². The molecule has 2 aromatic rings. The van der Waals surface area contributed by atoms with Crippen molar-refractivity contribution in [1.82, 2.24) is 20.0 Å². The van der Waals surface area contributed by atoms with Crippen molar-refractivity contribution in [2.75, 3.05) is 31.7 Å². The number of carbonyl (C=O) groups is 3. The number of hydrogen-bond donors (Lipinski definition) is 3. The summed E-state index contributed by atoms with van der Waals surface area (Å²) in [4.78, 5) is 39.6. The minimum absolute atomic E-state index is 0.0156. The van der Waals surface area contributed by atoms with E-state index in [1.54, 1.807) is 15.6 Å². The average Bonchev–Trinajstić information content (AvgIpc) is 3.57. The van der Waals surface area contributed by atoms with E-state index in [4.69, 9.17) is 15.2 Å². The first-order chi connectivity index (χ1) is 16.9. The van der Waals surface area contributed by atoms with Crippen molar-refractivity contribution < 1.29 is 19.1 Å². The molecule has 184 valence electrons. The number of anilines is 1. The monoisotopic (exact) mass is 478 g/mol. The van der Waals surface area contributed by atoms with Crippen LogP contribution in [0.2, 0.25) is 0 Å². The van der Waals surface area contributed by atoms with Crippen LogP contribution in [-0.2, 0) is 14.3 Å². The van der Waals surface area contributed by atoms with Crippen LogP contribution in [0.3, 0.4) is 0 Å². The lowest BCUT2D eigenvalue weighted by Gasteiger charge is -2.33. The van der Waals surface area contributed by atoms with Gasteiger partial charge in [-0.3, -0.25) is 19.1 Å². The minimum Gasteiger partial charge on any atom is -0.380 e. The summed E-state index contributed by atoms with van der Waals surface area (Å²) in [6.45, 7) is 5.31. The normalized spacial score (nSPS) is 20.6. The Morgan fingerprint density at radius 2 is 2.00 bits per heavy atom. The van der Waals surface area contributed by atoms with Crippen LogP contribution in [0.4, 0.5) is 5.69 Å². The first kappa shape index (κ1) is 23.2. The summed E-state index contributed by atoms with van der Waals surface area (Å²) in [6, 6.07) is 7.37. The van der Waals surface area contributed by atoms with Crippen molar-refractivity contribution >= 4 is 29.6 Å². The number of aromatic nitrogens is 2. The maximum absolute atomic E-state index is 13.2. The summed E-state index contributed by atoms with van der Waals surface area (Å²) < 4.78 is 6.78. The van der Waals surface area contributed by atoms with Crippen molar-refractivity contribution in [3.63, 3.8) is 0 Å². The molecule has 3 aliphatic rings. The van der Waals surface area contributed by atoms with Gasteiger partial charge in [-0.25, -0.2) is 0 Å². The molecule has 2 atom stereocenters. The van der Waals surface area contributed by atoms with E-state index in [-0.39, 0.29) is 48.2 Å². The molecule has 1 unspecified atom stereocenters. The Balaban J connectivity index is 1.41. The number of rotatable bonds is 8. The van der Waals surface area contributed by atoms with Gasteiger partial charge in [-0.1, -0.05) is 19.1 Å². The molecule has 2 aliphatic heterocycles. The van der Waals surface area contributed by atoms with Crippen LogP contribution in [-0.4, -0.2) is 65.0 Å². The summed E-state index contributed by atoms with van der Waals surface area (Å²) in [5.41, 5.74) is 3.32. The van der Waals surface area contributed by atoms with Gasteiger partial charge in [-0.15, -0.1) is 0 Å². The smallest absolute Gasteiger partial charge is 0.273 e. The lowest BCUT2D eigenvalue weighted by atomic mass is 9.98. The highest BCUT2D eigenvalue weighted by Crippen LogP contribution is 2.35. The predicted octanol–water partition coefficient (Wildman–Crippen LogP) is 2.39. The highest BCUT2D eigenvalue weighted by Gasteiger charge is 2.34. The molecule has 1 aliphatic carbocycles. The maximum atomic E-state index is 13.2. The zero-order valence-corrected chi connectivity index (χ0v) is 19.9. The molecular formula is C25H30N6O4. The van der Waals surface area contributed by atoms with E-state index in [9.17, 15) is 14.4 Å². The lowest BCUT2D eigenvalue weighted by molar-refractivity contribution is -0.139. The fourth-order valence-electron chi connectivity index (χ4n) is 4.35. The quantitative estimate of drug-likeness (QED) is 0.502. The zero-order chi connectivity index (χ0) is 24.7. The average molecular weight is 479 g/mol. The zero-order valence-electron chi connectivity index (χ0n) is 19.9. The number of benzene rings is 1. The highest BCUT2D eigenvalue weighted by atomic mass is 16.5. The third kappa shape index (κ3) is 4.58. The van der Waals surface area contributed by atoms with Crippen LogP contribution in [0.1, 0.15) is 54.7 Å². The molecule has 1 saturated heterocycles. The summed E-state index contributed by atoms with van der Waals surface area (Å²) in [6.07, 6.45) is 3.15. The van der Waals surface area contributed by atoms with E-state index in [2.05, 4.69) is 10.6 Å². The molecular weight excluding hydrogens is 448 g/mol. The van der Waals surface area contributed by atoms with Crippen molar-refractivity contribution in [3.05, 3.63) is 35.5 Å². The van der Waals surface area contributed by atoms with Gasteiger partial charge in [0.15, 0.2) is 0 Å². The molecule has 0 spiro atoms. The molecule has 0 bridgehead atoms. The van der Waals surface area contributed by atoms with Gasteiger partial charge in [0, 0.05) is 30.2 Å². The van der Waals surface area contributed by atoms with Crippen molar-refractivity contribution in [2.45, 2.75) is 38.6 Å². The van der Waals surface area contributed by atoms with Crippen LogP contribution >= 0.6 is 0 Å². The molecule has 1 aromatic heterocycles. The second-order valence-corrected chi connectivity index (χ2v) is 9.69. The Morgan fingerprint density at radius 3 is 2.66 bits per heavy atom. The van der Waals surface area contributed by atoms with Gasteiger partial charge >= 0.3 is 0 Å². The molecule has 2 fully saturated rings. The number of nitrogens with zero attached hydrogens (tertiary/aromatic N) is 3. The van der Waals surface area contributed by atoms with Crippen LogP contribution in [0.5, 0.6) is 0 Å². The standard InChI is InChI=1S/C25H30N6O4/c1-14(9-26)17-5-6-19(20(7-17)28-24(33)16-3-4-16)21-8-22-25(34)30(10-15(2)31(22)29-21)13-27-23(32)18-11-35-12-18/h5-9,14-16,18,26H,3-4,10-13H2,1-2H3,(H,27,32)(H,28,33)/t14?,15-/m0/s1. The predicted molar refractivity (Wildman–Crippen MR) is 129 cm³/mol.